The van der Waals surface area contributed by atoms with Crippen LogP contribution >= 0.6 is 0 Å². The molecular weight excluding hydrogens is 369 g/mol. The third-order valence-corrected chi connectivity index (χ3v) is 4.11. The van der Waals surface area contributed by atoms with E-state index in [0.29, 0.717) is 5.56 Å². The van der Waals surface area contributed by atoms with Crippen LogP contribution in [0.5, 0.6) is 5.75 Å². The second kappa shape index (κ2) is 8.45. The quantitative estimate of drug-likeness (QED) is 0.815. The van der Waals surface area contributed by atoms with Crippen molar-refractivity contribution < 1.29 is 28.2 Å². The second-order valence-corrected chi connectivity index (χ2v) is 7.65. The van der Waals surface area contributed by atoms with E-state index >= 15 is 0 Å². The summed E-state index contributed by atoms with van der Waals surface area (Å²) < 4.78 is 24.0. The topological polar surface area (TPSA) is 97.0 Å². The molecule has 8 nitrogen and oxygen atoms in total. The molecule has 0 saturated carbocycles. The molecule has 0 unspecified atom stereocenters. The summed E-state index contributed by atoms with van der Waals surface area (Å²) in [5.74, 6) is -2.03. The molecule has 3 amide bonds. The smallest absolute Gasteiger partial charge is 0.429 e. The van der Waals surface area contributed by atoms with Crippen LogP contribution in [-0.2, 0) is 14.3 Å². The zero-order valence-corrected chi connectivity index (χ0v) is 16.7. The Bertz CT molecular complexity index is 762. The lowest BCUT2D eigenvalue weighted by Crippen LogP contribution is -2.57. The van der Waals surface area contributed by atoms with E-state index in [1.807, 2.05) is 0 Å². The largest absolute Gasteiger partial charge is 0.494 e. The zero-order chi connectivity index (χ0) is 21.1. The standard InChI is InChI=1S/C19H26FN3O5/c1-11(12-6-7-15(27-5)14(20)8-12)21-17(25)13-9-16(24)22-23(10-13)18(26)28-19(2,3)4/h6-8,11,13H,9-10H2,1-5H3,(H,21,25)(H,22,24)/t11-,13+/m0/s1. The van der Waals surface area contributed by atoms with Crippen LogP contribution in [0.2, 0.25) is 0 Å². The zero-order valence-electron chi connectivity index (χ0n) is 16.7. The highest BCUT2D eigenvalue weighted by Gasteiger charge is 2.35. The lowest BCUT2D eigenvalue weighted by Gasteiger charge is -2.33. The van der Waals surface area contributed by atoms with E-state index in [2.05, 4.69) is 10.7 Å². The van der Waals surface area contributed by atoms with Crippen LogP contribution in [0, 0.1) is 11.7 Å². The number of hydrazine groups is 1. The summed E-state index contributed by atoms with van der Waals surface area (Å²) in [5, 5.41) is 3.75. The van der Waals surface area contributed by atoms with Crippen LogP contribution in [0.3, 0.4) is 0 Å². The highest BCUT2D eigenvalue weighted by molar-refractivity contribution is 5.89. The van der Waals surface area contributed by atoms with Gasteiger partial charge < -0.3 is 14.8 Å². The Hall–Kier alpha value is -2.84. The molecule has 1 heterocycles. The predicted octanol–water partition coefficient (Wildman–Crippen LogP) is 2.30. The number of halogens is 1. The fourth-order valence-electron chi connectivity index (χ4n) is 2.73. The molecule has 2 atom stereocenters. The first-order valence-corrected chi connectivity index (χ1v) is 8.94. The molecule has 154 valence electrons. The molecule has 1 aliphatic heterocycles. The number of hydrogen-bond acceptors (Lipinski definition) is 5. The fraction of sp³-hybridized carbons (Fsp3) is 0.526. The van der Waals surface area contributed by atoms with Crippen molar-refractivity contribution in [1.29, 1.82) is 0 Å². The van der Waals surface area contributed by atoms with Crippen molar-refractivity contribution in [1.82, 2.24) is 15.8 Å². The molecule has 9 heteroatoms. The third kappa shape index (κ3) is 5.58. The van der Waals surface area contributed by atoms with Crippen LogP contribution in [0.15, 0.2) is 18.2 Å². The van der Waals surface area contributed by atoms with E-state index in [-0.39, 0.29) is 18.7 Å². The number of carbonyl (C=O) groups excluding carboxylic acids is 3. The number of amides is 3. The summed E-state index contributed by atoms with van der Waals surface area (Å²) in [7, 11) is 1.37. The van der Waals surface area contributed by atoms with Crippen molar-refractivity contribution >= 4 is 17.9 Å². The highest BCUT2D eigenvalue weighted by Crippen LogP contribution is 2.23. The molecule has 2 rings (SSSR count). The lowest BCUT2D eigenvalue weighted by atomic mass is 10.0. The van der Waals surface area contributed by atoms with Gasteiger partial charge in [-0.1, -0.05) is 6.07 Å². The van der Waals surface area contributed by atoms with E-state index in [1.54, 1.807) is 33.8 Å². The van der Waals surface area contributed by atoms with Gasteiger partial charge in [0.1, 0.15) is 5.60 Å². The van der Waals surface area contributed by atoms with E-state index < -0.39 is 41.3 Å². The third-order valence-electron chi connectivity index (χ3n) is 4.11. The van der Waals surface area contributed by atoms with Gasteiger partial charge in [-0.05, 0) is 45.4 Å². The van der Waals surface area contributed by atoms with Gasteiger partial charge in [-0.25, -0.2) is 14.2 Å². The summed E-state index contributed by atoms with van der Waals surface area (Å²) in [6, 6.07) is 3.91. The molecule has 0 radical (unpaired) electrons. The lowest BCUT2D eigenvalue weighted by molar-refractivity contribution is -0.138. The number of hydrogen-bond donors (Lipinski definition) is 2. The van der Waals surface area contributed by atoms with Gasteiger partial charge in [-0.2, -0.15) is 0 Å². The Labute approximate surface area is 163 Å². The second-order valence-electron chi connectivity index (χ2n) is 7.65. The van der Waals surface area contributed by atoms with Crippen LogP contribution in [0.25, 0.3) is 0 Å². The van der Waals surface area contributed by atoms with Crippen molar-refractivity contribution in [3.8, 4) is 5.75 Å². The van der Waals surface area contributed by atoms with Crippen LogP contribution in [0.1, 0.15) is 45.7 Å². The van der Waals surface area contributed by atoms with E-state index in [9.17, 15) is 18.8 Å². The van der Waals surface area contributed by atoms with Crippen molar-refractivity contribution in [2.45, 2.75) is 45.8 Å². The average Bonchev–Trinajstić information content (AvgIpc) is 2.59. The predicted molar refractivity (Wildman–Crippen MR) is 98.7 cm³/mol. The fourth-order valence-corrected chi connectivity index (χ4v) is 2.73. The van der Waals surface area contributed by atoms with Crippen LogP contribution < -0.4 is 15.5 Å². The number of methoxy groups -OCH3 is 1. The van der Waals surface area contributed by atoms with Crippen molar-refractivity contribution in [2.75, 3.05) is 13.7 Å². The van der Waals surface area contributed by atoms with Gasteiger partial charge >= 0.3 is 6.09 Å². The Morgan fingerprint density at radius 2 is 2.04 bits per heavy atom. The molecule has 0 bridgehead atoms. The molecule has 2 N–H and O–H groups in total. The number of ether oxygens (including phenoxy) is 2. The maximum absolute atomic E-state index is 13.9. The van der Waals surface area contributed by atoms with Gasteiger partial charge in [0.15, 0.2) is 11.6 Å². The number of nitrogens with one attached hydrogen (secondary N) is 2. The van der Waals surface area contributed by atoms with Crippen molar-refractivity contribution in [2.24, 2.45) is 5.92 Å². The summed E-state index contributed by atoms with van der Waals surface area (Å²) in [6.45, 7) is 6.80. The molecule has 1 saturated heterocycles. The monoisotopic (exact) mass is 395 g/mol. The van der Waals surface area contributed by atoms with Gasteiger partial charge in [-0.15, -0.1) is 0 Å². The van der Waals surface area contributed by atoms with Crippen molar-refractivity contribution in [3.63, 3.8) is 0 Å². The molecule has 1 aromatic carbocycles. The first-order valence-electron chi connectivity index (χ1n) is 8.94. The summed E-state index contributed by atoms with van der Waals surface area (Å²) in [5.41, 5.74) is 2.22. The Morgan fingerprint density at radius 3 is 2.61 bits per heavy atom. The first kappa shape index (κ1) is 21.5. The maximum Gasteiger partial charge on any atom is 0.429 e. The normalized spacial score (nSPS) is 18.1. The van der Waals surface area contributed by atoms with E-state index in [4.69, 9.17) is 9.47 Å². The van der Waals surface area contributed by atoms with Crippen molar-refractivity contribution in [3.05, 3.63) is 29.6 Å². The Morgan fingerprint density at radius 1 is 1.36 bits per heavy atom. The van der Waals surface area contributed by atoms with Gasteiger partial charge in [0.2, 0.25) is 11.8 Å². The highest BCUT2D eigenvalue weighted by atomic mass is 19.1. The van der Waals surface area contributed by atoms with Gasteiger partial charge in [0.05, 0.1) is 25.6 Å². The minimum atomic E-state index is -0.744. The first-order chi connectivity index (χ1) is 13.0. The maximum atomic E-state index is 13.9. The van der Waals surface area contributed by atoms with Crippen LogP contribution in [0.4, 0.5) is 9.18 Å². The SMILES string of the molecule is COc1ccc([C@H](C)NC(=O)[C@@H]2CC(=O)NN(C(=O)OC(C)(C)C)C2)cc1F. The average molecular weight is 395 g/mol. The molecule has 1 aliphatic rings. The molecule has 0 aliphatic carbocycles. The molecular formula is C19H26FN3O5. The minimum Gasteiger partial charge on any atom is -0.494 e. The van der Waals surface area contributed by atoms with Gasteiger partial charge in [-0.3, -0.25) is 15.0 Å². The Balaban J connectivity index is 2.03. The minimum absolute atomic E-state index is 0.0177. The summed E-state index contributed by atoms with van der Waals surface area (Å²) in [6.07, 6.45) is -0.793. The molecule has 1 aromatic rings. The summed E-state index contributed by atoms with van der Waals surface area (Å²) in [4.78, 5) is 36.7. The van der Waals surface area contributed by atoms with Gasteiger partial charge in [0, 0.05) is 6.42 Å². The Kier molecular flexibility index (Phi) is 6.48. The molecule has 0 spiro atoms. The number of benzene rings is 1. The molecule has 0 aromatic heterocycles. The molecule has 1 fully saturated rings. The van der Waals surface area contributed by atoms with Gasteiger partial charge in [0.25, 0.3) is 0 Å². The summed E-state index contributed by atoms with van der Waals surface area (Å²) >= 11 is 0. The number of rotatable bonds is 4. The van der Waals surface area contributed by atoms with Crippen LogP contribution in [-0.4, -0.2) is 42.2 Å². The van der Waals surface area contributed by atoms with E-state index in [0.717, 1.165) is 5.01 Å². The molecule has 28 heavy (non-hydrogen) atoms. The number of nitrogens with zero attached hydrogens (tertiary/aromatic N) is 1. The number of carbonyl (C=O) groups is 3. The van der Waals surface area contributed by atoms with E-state index in [1.165, 1.54) is 19.2 Å².